The summed E-state index contributed by atoms with van der Waals surface area (Å²) in [5.74, 6) is 2.49. The highest BCUT2D eigenvalue weighted by molar-refractivity contribution is 7.98. The molecule has 0 aliphatic carbocycles. The second-order valence-electron chi connectivity index (χ2n) is 4.35. The monoisotopic (exact) mass is 281 g/mol. The Labute approximate surface area is 116 Å². The molecule has 0 bridgehead atoms. The molecule has 2 N–H and O–H groups in total. The van der Waals surface area contributed by atoms with Gasteiger partial charge in [-0.3, -0.25) is 0 Å². The first-order valence-corrected chi connectivity index (χ1v) is 7.32. The van der Waals surface area contributed by atoms with Crippen molar-refractivity contribution in [2.75, 3.05) is 0 Å². The van der Waals surface area contributed by atoms with Crippen LogP contribution in [-0.2, 0) is 18.8 Å². The smallest absolute Gasteiger partial charge is 0.191 e. The summed E-state index contributed by atoms with van der Waals surface area (Å²) < 4.78 is 7.25. The van der Waals surface area contributed by atoms with Crippen molar-refractivity contribution in [3.8, 4) is 0 Å². The Balaban J connectivity index is 2.13. The normalized spacial score (nSPS) is 11.2. The molecule has 2 aromatic rings. The van der Waals surface area contributed by atoms with Gasteiger partial charge in [0.25, 0.3) is 0 Å². The van der Waals surface area contributed by atoms with Gasteiger partial charge in [0, 0.05) is 17.9 Å². The molecule has 0 amide bonds. The minimum absolute atomic E-state index is 0.416. The van der Waals surface area contributed by atoms with Crippen LogP contribution in [0.4, 0.5) is 0 Å². The Hall–Kier alpha value is -1.34. The molecule has 0 aliphatic heterocycles. The average molecular weight is 281 g/mol. The van der Waals surface area contributed by atoms with Gasteiger partial charge in [-0.1, -0.05) is 23.8 Å². The highest BCUT2D eigenvalue weighted by Gasteiger charge is 2.14. The lowest BCUT2D eigenvalue weighted by atomic mass is 10.2. The van der Waals surface area contributed by atoms with Gasteiger partial charge in [-0.25, -0.2) is 0 Å². The molecule has 0 spiro atoms. The minimum atomic E-state index is 0.416. The molecule has 0 fully saturated rings. The molecule has 104 valence electrons. The number of thioether (sulfide) groups is 1. The predicted molar refractivity (Wildman–Crippen MR) is 73.7 cm³/mol. The first-order chi connectivity index (χ1) is 9.17. The molecule has 0 radical (unpaired) electrons. The Morgan fingerprint density at radius 3 is 2.68 bits per heavy atom. The van der Waals surface area contributed by atoms with Crippen LogP contribution in [0.15, 0.2) is 9.68 Å². The maximum absolute atomic E-state index is 5.68. The van der Waals surface area contributed by atoms with Crippen LogP contribution < -0.4 is 5.73 Å². The summed E-state index contributed by atoms with van der Waals surface area (Å²) in [5, 5.41) is 13.2. The van der Waals surface area contributed by atoms with Crippen molar-refractivity contribution >= 4 is 11.8 Å². The number of aromatic nitrogens is 4. The van der Waals surface area contributed by atoms with E-state index in [2.05, 4.69) is 26.8 Å². The van der Waals surface area contributed by atoms with Gasteiger partial charge in [-0.05, 0) is 20.3 Å². The van der Waals surface area contributed by atoms with Gasteiger partial charge in [0.05, 0.1) is 12.2 Å². The zero-order chi connectivity index (χ0) is 13.8. The maximum Gasteiger partial charge on any atom is 0.191 e. The summed E-state index contributed by atoms with van der Waals surface area (Å²) >= 11 is 1.64. The van der Waals surface area contributed by atoms with Crippen molar-refractivity contribution in [3.63, 3.8) is 0 Å². The molecule has 19 heavy (non-hydrogen) atoms. The highest BCUT2D eigenvalue weighted by atomic mass is 32.2. The SMILES string of the molecule is CCCn1c(CN)nnc1SCc1c(C)noc1C. The topological polar surface area (TPSA) is 82.8 Å². The number of nitrogens with zero attached hydrogens (tertiary/aromatic N) is 4. The maximum atomic E-state index is 5.68. The van der Waals surface area contributed by atoms with Crippen molar-refractivity contribution in [2.24, 2.45) is 5.73 Å². The van der Waals surface area contributed by atoms with Crippen LogP contribution in [0, 0.1) is 13.8 Å². The summed E-state index contributed by atoms with van der Waals surface area (Å²) in [5.41, 5.74) is 7.74. The zero-order valence-corrected chi connectivity index (χ0v) is 12.3. The van der Waals surface area contributed by atoms with E-state index in [1.54, 1.807) is 11.8 Å². The van der Waals surface area contributed by atoms with Gasteiger partial charge in [-0.15, -0.1) is 10.2 Å². The van der Waals surface area contributed by atoms with Gasteiger partial charge in [0.1, 0.15) is 11.6 Å². The van der Waals surface area contributed by atoms with Crippen molar-refractivity contribution in [1.82, 2.24) is 19.9 Å². The van der Waals surface area contributed by atoms with E-state index in [4.69, 9.17) is 10.3 Å². The second kappa shape index (κ2) is 6.21. The molecule has 0 saturated carbocycles. The molecular formula is C12H19N5OS. The molecule has 2 rings (SSSR count). The van der Waals surface area contributed by atoms with E-state index in [0.717, 1.165) is 46.7 Å². The first-order valence-electron chi connectivity index (χ1n) is 6.34. The lowest BCUT2D eigenvalue weighted by molar-refractivity contribution is 0.392. The molecule has 0 aromatic carbocycles. The van der Waals surface area contributed by atoms with Crippen LogP contribution in [0.2, 0.25) is 0 Å². The van der Waals surface area contributed by atoms with Crippen LogP contribution in [0.5, 0.6) is 0 Å². The van der Waals surface area contributed by atoms with Crippen LogP contribution in [0.25, 0.3) is 0 Å². The lowest BCUT2D eigenvalue weighted by Gasteiger charge is -2.07. The second-order valence-corrected chi connectivity index (χ2v) is 5.29. The Kier molecular flexibility index (Phi) is 4.60. The summed E-state index contributed by atoms with van der Waals surface area (Å²) in [6.45, 7) is 7.32. The standard InChI is InChI=1S/C12H19N5OS/c1-4-5-17-11(6-13)14-15-12(17)19-7-10-8(2)16-18-9(10)3/h4-7,13H2,1-3H3. The lowest BCUT2D eigenvalue weighted by Crippen LogP contribution is -2.09. The Morgan fingerprint density at radius 1 is 1.32 bits per heavy atom. The molecule has 0 unspecified atom stereocenters. The van der Waals surface area contributed by atoms with E-state index in [9.17, 15) is 0 Å². The van der Waals surface area contributed by atoms with Gasteiger partial charge >= 0.3 is 0 Å². The quantitative estimate of drug-likeness (QED) is 0.816. The number of rotatable bonds is 6. The average Bonchev–Trinajstić information content (AvgIpc) is 2.93. The van der Waals surface area contributed by atoms with Crippen molar-refractivity contribution < 1.29 is 4.52 Å². The molecule has 6 nitrogen and oxygen atoms in total. The van der Waals surface area contributed by atoms with Crippen molar-refractivity contribution in [1.29, 1.82) is 0 Å². The number of hydrogen-bond donors (Lipinski definition) is 1. The first kappa shape index (κ1) is 14.1. The number of hydrogen-bond acceptors (Lipinski definition) is 6. The molecule has 7 heteroatoms. The molecule has 2 aromatic heterocycles. The molecule has 0 saturated heterocycles. The van der Waals surface area contributed by atoms with Crippen molar-refractivity contribution in [2.45, 2.75) is 51.2 Å². The summed E-state index contributed by atoms with van der Waals surface area (Å²) in [6.07, 6.45) is 1.03. The van der Waals surface area contributed by atoms with Crippen LogP contribution >= 0.6 is 11.8 Å². The molecular weight excluding hydrogens is 262 g/mol. The summed E-state index contributed by atoms with van der Waals surface area (Å²) in [7, 11) is 0. The minimum Gasteiger partial charge on any atom is -0.361 e. The van der Waals surface area contributed by atoms with E-state index in [0.29, 0.717) is 6.54 Å². The molecule has 0 atom stereocenters. The molecule has 2 heterocycles. The largest absolute Gasteiger partial charge is 0.361 e. The van der Waals surface area contributed by atoms with Crippen molar-refractivity contribution in [3.05, 3.63) is 22.8 Å². The van der Waals surface area contributed by atoms with Gasteiger partial charge < -0.3 is 14.8 Å². The van der Waals surface area contributed by atoms with E-state index in [1.165, 1.54) is 0 Å². The van der Waals surface area contributed by atoms with Gasteiger partial charge in [0.2, 0.25) is 0 Å². The van der Waals surface area contributed by atoms with Crippen LogP contribution in [0.1, 0.15) is 36.2 Å². The fourth-order valence-corrected chi connectivity index (χ4v) is 3.01. The van der Waals surface area contributed by atoms with E-state index in [1.807, 2.05) is 13.8 Å². The summed E-state index contributed by atoms with van der Waals surface area (Å²) in [4.78, 5) is 0. The Bertz CT molecular complexity index is 529. The third-order valence-corrected chi connectivity index (χ3v) is 3.94. The number of nitrogens with two attached hydrogens (primary N) is 1. The van der Waals surface area contributed by atoms with Gasteiger partial charge in [0.15, 0.2) is 5.16 Å². The van der Waals surface area contributed by atoms with E-state index >= 15 is 0 Å². The van der Waals surface area contributed by atoms with Crippen LogP contribution in [0.3, 0.4) is 0 Å². The van der Waals surface area contributed by atoms with Gasteiger partial charge in [-0.2, -0.15) is 0 Å². The van der Waals surface area contributed by atoms with E-state index < -0.39 is 0 Å². The Morgan fingerprint density at radius 2 is 2.11 bits per heavy atom. The van der Waals surface area contributed by atoms with Crippen LogP contribution in [-0.4, -0.2) is 19.9 Å². The zero-order valence-electron chi connectivity index (χ0n) is 11.5. The molecule has 0 aliphatic rings. The third-order valence-electron chi connectivity index (χ3n) is 2.95. The number of aryl methyl sites for hydroxylation is 2. The third kappa shape index (κ3) is 2.98. The fraction of sp³-hybridized carbons (Fsp3) is 0.583. The predicted octanol–water partition coefficient (Wildman–Crippen LogP) is 2.04. The highest BCUT2D eigenvalue weighted by Crippen LogP contribution is 2.25. The summed E-state index contributed by atoms with van der Waals surface area (Å²) in [6, 6.07) is 0. The van der Waals surface area contributed by atoms with E-state index in [-0.39, 0.29) is 0 Å². The fourth-order valence-electron chi connectivity index (χ4n) is 1.87.